The molecule has 0 saturated carbocycles. The van der Waals surface area contributed by atoms with Crippen molar-refractivity contribution in [3.63, 3.8) is 0 Å². The summed E-state index contributed by atoms with van der Waals surface area (Å²) in [5, 5.41) is 6.97. The molecule has 1 fully saturated rings. The fraction of sp³-hybridized carbons (Fsp3) is 0.364. The fourth-order valence-electron chi connectivity index (χ4n) is 3.98. The van der Waals surface area contributed by atoms with Crippen LogP contribution in [0.1, 0.15) is 39.4 Å². The van der Waals surface area contributed by atoms with E-state index in [4.69, 9.17) is 11.6 Å². The van der Waals surface area contributed by atoms with Gasteiger partial charge in [0.1, 0.15) is 5.82 Å². The summed E-state index contributed by atoms with van der Waals surface area (Å²) in [6.45, 7) is 8.22. The molecule has 1 saturated heterocycles. The zero-order valence-corrected chi connectivity index (χ0v) is 18.7. The van der Waals surface area contributed by atoms with Gasteiger partial charge in [-0.3, -0.25) is 4.90 Å². The normalized spacial score (nSPS) is 19.5. The smallest absolute Gasteiger partial charge is 0.323 e. The molecule has 2 N–H and O–H groups in total. The molecule has 31 heavy (non-hydrogen) atoms. The molecule has 0 bridgehead atoms. The maximum atomic E-state index is 12.5. The fourth-order valence-corrected chi connectivity index (χ4v) is 4.10. The van der Waals surface area contributed by atoms with Crippen molar-refractivity contribution in [1.29, 1.82) is 0 Å². The molecule has 3 aromatic rings. The summed E-state index contributed by atoms with van der Waals surface area (Å²) in [4.78, 5) is 27.7. The summed E-state index contributed by atoms with van der Waals surface area (Å²) in [5.41, 5.74) is 1.82. The molecule has 3 heterocycles. The van der Waals surface area contributed by atoms with Crippen LogP contribution in [0.2, 0.25) is 5.02 Å². The van der Waals surface area contributed by atoms with Gasteiger partial charge in [0.25, 0.3) is 0 Å². The second-order valence-electron chi connectivity index (χ2n) is 8.13. The lowest BCUT2D eigenvalue weighted by molar-refractivity contribution is 0.250. The van der Waals surface area contributed by atoms with Crippen molar-refractivity contribution >= 4 is 29.4 Å². The topological polar surface area (TPSA) is 88.0 Å². The van der Waals surface area contributed by atoms with E-state index in [0.29, 0.717) is 16.8 Å². The summed E-state index contributed by atoms with van der Waals surface area (Å²) in [5.74, 6) is 1.31. The Morgan fingerprint density at radius 3 is 2.58 bits per heavy atom. The first-order valence-corrected chi connectivity index (χ1v) is 10.7. The van der Waals surface area contributed by atoms with Crippen molar-refractivity contribution in [2.24, 2.45) is 5.92 Å². The zero-order valence-electron chi connectivity index (χ0n) is 18.0. The predicted octanol–water partition coefficient (Wildman–Crippen LogP) is 4.43. The van der Waals surface area contributed by atoms with Crippen LogP contribution in [-0.2, 0) is 0 Å². The van der Waals surface area contributed by atoms with Crippen molar-refractivity contribution in [1.82, 2.24) is 24.8 Å². The number of carbonyl (C=O) groups is 1. The largest absolute Gasteiger partial charge is 0.346 e. The van der Waals surface area contributed by atoms with Gasteiger partial charge in [-0.15, -0.1) is 0 Å². The highest BCUT2D eigenvalue weighted by Crippen LogP contribution is 2.27. The van der Waals surface area contributed by atoms with E-state index >= 15 is 0 Å². The number of imidazole rings is 1. The molecule has 3 atom stereocenters. The molecule has 8 nitrogen and oxygen atoms in total. The van der Waals surface area contributed by atoms with E-state index in [1.165, 1.54) is 0 Å². The molecular formula is C22H26ClN7O. The Morgan fingerprint density at radius 2 is 1.87 bits per heavy atom. The lowest BCUT2D eigenvalue weighted by atomic mass is 9.98. The van der Waals surface area contributed by atoms with E-state index < -0.39 is 0 Å². The van der Waals surface area contributed by atoms with E-state index in [-0.39, 0.29) is 30.1 Å². The van der Waals surface area contributed by atoms with Crippen LogP contribution >= 0.6 is 11.6 Å². The Kier molecular flexibility index (Phi) is 5.82. The van der Waals surface area contributed by atoms with Gasteiger partial charge < -0.3 is 15.2 Å². The molecule has 1 aliphatic heterocycles. The van der Waals surface area contributed by atoms with Crippen LogP contribution in [0.25, 0.3) is 5.69 Å². The molecule has 1 aromatic carbocycles. The van der Waals surface area contributed by atoms with Gasteiger partial charge in [-0.25, -0.2) is 14.8 Å². The summed E-state index contributed by atoms with van der Waals surface area (Å²) < 4.78 is 1.93. The Hall–Kier alpha value is -3.13. The second kappa shape index (κ2) is 8.55. The SMILES string of the molecule is CC(C)C1C(C)NC(=O)N1c1ccnc(N[C@@H](C)c2cn(-c3ccc(Cl)cc3)cn2)n1. The van der Waals surface area contributed by atoms with Gasteiger partial charge in [0.15, 0.2) is 0 Å². The van der Waals surface area contributed by atoms with E-state index in [1.807, 2.05) is 48.9 Å². The van der Waals surface area contributed by atoms with Gasteiger partial charge in [-0.05, 0) is 50.1 Å². The van der Waals surface area contributed by atoms with Crippen LogP contribution in [0.15, 0.2) is 49.1 Å². The van der Waals surface area contributed by atoms with Crippen molar-refractivity contribution in [3.8, 4) is 5.69 Å². The Labute approximate surface area is 186 Å². The highest BCUT2D eigenvalue weighted by molar-refractivity contribution is 6.30. The minimum atomic E-state index is -0.134. The molecule has 2 amide bonds. The molecule has 0 radical (unpaired) electrons. The van der Waals surface area contributed by atoms with Crippen molar-refractivity contribution in [2.45, 2.75) is 45.8 Å². The average molecular weight is 440 g/mol. The van der Waals surface area contributed by atoms with E-state index in [0.717, 1.165) is 11.4 Å². The third-order valence-electron chi connectivity index (χ3n) is 5.47. The number of benzene rings is 1. The van der Waals surface area contributed by atoms with Crippen LogP contribution in [0.5, 0.6) is 0 Å². The highest BCUT2D eigenvalue weighted by atomic mass is 35.5. The van der Waals surface area contributed by atoms with Gasteiger partial charge in [0, 0.05) is 29.1 Å². The van der Waals surface area contributed by atoms with Gasteiger partial charge in [-0.2, -0.15) is 4.98 Å². The minimum Gasteiger partial charge on any atom is -0.346 e. The summed E-state index contributed by atoms with van der Waals surface area (Å²) in [7, 11) is 0. The third-order valence-corrected chi connectivity index (χ3v) is 5.72. The molecule has 2 aromatic heterocycles. The third kappa shape index (κ3) is 4.34. The number of nitrogens with zero attached hydrogens (tertiary/aromatic N) is 5. The molecule has 1 aliphatic rings. The van der Waals surface area contributed by atoms with E-state index in [1.54, 1.807) is 23.5 Å². The number of anilines is 2. The molecule has 0 spiro atoms. The minimum absolute atomic E-state index is 0.0303. The Balaban J connectivity index is 1.52. The lowest BCUT2D eigenvalue weighted by Crippen LogP contribution is -2.40. The Morgan fingerprint density at radius 1 is 1.13 bits per heavy atom. The highest BCUT2D eigenvalue weighted by Gasteiger charge is 2.40. The quantitative estimate of drug-likeness (QED) is 0.593. The van der Waals surface area contributed by atoms with Crippen LogP contribution in [-0.4, -0.2) is 37.6 Å². The van der Waals surface area contributed by atoms with E-state index in [9.17, 15) is 4.79 Å². The van der Waals surface area contributed by atoms with Crippen LogP contribution in [0.3, 0.4) is 0 Å². The number of carbonyl (C=O) groups excluding carboxylic acids is 1. The molecule has 0 aliphatic carbocycles. The maximum absolute atomic E-state index is 12.5. The average Bonchev–Trinajstić information content (AvgIpc) is 3.33. The van der Waals surface area contributed by atoms with E-state index in [2.05, 4.69) is 39.4 Å². The molecule has 162 valence electrons. The second-order valence-corrected chi connectivity index (χ2v) is 8.57. The van der Waals surface area contributed by atoms with Gasteiger partial charge >= 0.3 is 6.03 Å². The maximum Gasteiger partial charge on any atom is 0.323 e. The number of rotatable bonds is 6. The zero-order chi connectivity index (χ0) is 22.1. The molecular weight excluding hydrogens is 414 g/mol. The number of hydrogen-bond acceptors (Lipinski definition) is 5. The van der Waals surface area contributed by atoms with Gasteiger partial charge in [-0.1, -0.05) is 25.4 Å². The van der Waals surface area contributed by atoms with Crippen molar-refractivity contribution < 1.29 is 4.79 Å². The summed E-state index contributed by atoms with van der Waals surface area (Å²) >= 11 is 5.97. The van der Waals surface area contributed by atoms with Crippen molar-refractivity contribution in [2.75, 3.05) is 10.2 Å². The van der Waals surface area contributed by atoms with Crippen LogP contribution < -0.4 is 15.5 Å². The summed E-state index contributed by atoms with van der Waals surface area (Å²) in [6, 6.07) is 9.14. The number of halogens is 1. The Bertz CT molecular complexity index is 1070. The summed E-state index contributed by atoms with van der Waals surface area (Å²) in [6.07, 6.45) is 5.38. The monoisotopic (exact) mass is 439 g/mol. The first-order valence-electron chi connectivity index (χ1n) is 10.3. The predicted molar refractivity (Wildman–Crippen MR) is 122 cm³/mol. The molecule has 9 heteroatoms. The first-order chi connectivity index (χ1) is 14.8. The van der Waals surface area contributed by atoms with Crippen LogP contribution in [0, 0.1) is 5.92 Å². The number of nitrogens with one attached hydrogen (secondary N) is 2. The lowest BCUT2D eigenvalue weighted by Gasteiger charge is -2.27. The standard InChI is InChI=1S/C22H26ClN7O/c1-13(2)20-15(4)27-22(31)30(20)19-9-10-24-21(28-19)26-14(3)18-11-29(12-25-18)17-7-5-16(23)6-8-17/h5-15,20H,1-4H3,(H,27,31)(H,24,26,28)/t14-,15?,20?/m0/s1. The number of amides is 2. The van der Waals surface area contributed by atoms with Gasteiger partial charge in [0.2, 0.25) is 5.95 Å². The molecule has 2 unspecified atom stereocenters. The van der Waals surface area contributed by atoms with Gasteiger partial charge in [0.05, 0.1) is 24.1 Å². The number of hydrogen-bond donors (Lipinski definition) is 2. The molecule has 4 rings (SSSR count). The first kappa shape index (κ1) is 21.1. The van der Waals surface area contributed by atoms with Crippen molar-refractivity contribution in [3.05, 3.63) is 59.8 Å². The number of urea groups is 1. The van der Waals surface area contributed by atoms with Crippen LogP contribution in [0.4, 0.5) is 16.6 Å². The number of aromatic nitrogens is 4.